The van der Waals surface area contributed by atoms with E-state index in [2.05, 4.69) is 24.1 Å². The molecule has 1 aliphatic carbocycles. The number of carbonyl (C=O) groups is 2. The Bertz CT molecular complexity index is 539. The Kier molecular flexibility index (Phi) is 6.40. The monoisotopic (exact) mass is 336 g/mol. The molecule has 0 aromatic carbocycles. The van der Waals surface area contributed by atoms with Crippen molar-refractivity contribution >= 4 is 11.9 Å². The van der Waals surface area contributed by atoms with Gasteiger partial charge in [-0.15, -0.1) is 0 Å². The Morgan fingerprint density at radius 3 is 2.58 bits per heavy atom. The topological polar surface area (TPSA) is 92.4 Å². The summed E-state index contributed by atoms with van der Waals surface area (Å²) in [6.45, 7) is 5.83. The highest BCUT2D eigenvalue weighted by atomic mass is 16.4. The lowest BCUT2D eigenvalue weighted by molar-refractivity contribution is -0.141. The molecule has 1 amide bonds. The van der Waals surface area contributed by atoms with E-state index in [0.29, 0.717) is 18.8 Å². The number of aromatic nitrogens is 1. The van der Waals surface area contributed by atoms with Gasteiger partial charge < -0.3 is 14.8 Å². The van der Waals surface area contributed by atoms with E-state index in [1.165, 1.54) is 13.3 Å². The average Bonchev–Trinajstić information content (AvgIpc) is 3.19. The molecule has 1 fully saturated rings. The van der Waals surface area contributed by atoms with Gasteiger partial charge in [0.15, 0.2) is 6.39 Å². The van der Waals surface area contributed by atoms with Crippen LogP contribution >= 0.6 is 0 Å². The van der Waals surface area contributed by atoms with Crippen LogP contribution in [-0.2, 0) is 9.59 Å². The number of rotatable bonds is 8. The zero-order valence-corrected chi connectivity index (χ0v) is 14.7. The van der Waals surface area contributed by atoms with Crippen LogP contribution in [0.5, 0.6) is 0 Å². The molecule has 0 aliphatic heterocycles. The maximum atomic E-state index is 11.7. The summed E-state index contributed by atoms with van der Waals surface area (Å²) in [6.07, 6.45) is 7.12. The molecule has 6 heteroatoms. The Labute approximate surface area is 143 Å². The third kappa shape index (κ3) is 4.36. The van der Waals surface area contributed by atoms with E-state index in [1.54, 1.807) is 6.20 Å². The minimum Gasteiger partial charge on any atom is -0.481 e. The summed E-state index contributed by atoms with van der Waals surface area (Å²) in [6, 6.07) is -0.0353. The summed E-state index contributed by atoms with van der Waals surface area (Å²) in [7, 11) is 0. The predicted molar refractivity (Wildman–Crippen MR) is 89.4 cm³/mol. The van der Waals surface area contributed by atoms with Crippen LogP contribution in [0.3, 0.4) is 0 Å². The molecule has 24 heavy (non-hydrogen) atoms. The largest absolute Gasteiger partial charge is 0.481 e. The highest BCUT2D eigenvalue weighted by Gasteiger charge is 2.44. The molecule has 0 radical (unpaired) electrons. The number of hydrogen-bond donors (Lipinski definition) is 2. The molecular weight excluding hydrogens is 308 g/mol. The average molecular weight is 336 g/mol. The zero-order valence-electron chi connectivity index (χ0n) is 14.7. The summed E-state index contributed by atoms with van der Waals surface area (Å²) < 4.78 is 5.47. The summed E-state index contributed by atoms with van der Waals surface area (Å²) in [4.78, 5) is 27.2. The Balaban J connectivity index is 2.25. The van der Waals surface area contributed by atoms with Gasteiger partial charge in [-0.3, -0.25) is 9.59 Å². The van der Waals surface area contributed by atoms with Crippen LogP contribution in [0.25, 0.3) is 0 Å². The number of carboxylic acids is 1. The minimum absolute atomic E-state index is 0.0141. The standard InChI is InChI=1S/C18H28N2O4/c1-4-12(5-2)6-16(20-11(3)21)14-7-13(18(22)23)8-15(14)17-9-19-10-24-17/h9-10,12-16H,4-8H2,1-3H3,(H,20,21)(H,22,23)/t13-,14-,15-,16+/m1/s1. The van der Waals surface area contributed by atoms with Crippen molar-refractivity contribution in [3.63, 3.8) is 0 Å². The van der Waals surface area contributed by atoms with Gasteiger partial charge in [0.1, 0.15) is 5.76 Å². The van der Waals surface area contributed by atoms with Crippen molar-refractivity contribution in [2.75, 3.05) is 0 Å². The molecule has 2 N–H and O–H groups in total. The van der Waals surface area contributed by atoms with Crippen molar-refractivity contribution in [1.29, 1.82) is 0 Å². The van der Waals surface area contributed by atoms with Crippen LogP contribution < -0.4 is 5.32 Å². The van der Waals surface area contributed by atoms with Crippen LogP contribution in [-0.4, -0.2) is 28.0 Å². The van der Waals surface area contributed by atoms with Crippen molar-refractivity contribution in [2.45, 2.75) is 64.8 Å². The van der Waals surface area contributed by atoms with E-state index in [4.69, 9.17) is 4.42 Å². The first kappa shape index (κ1) is 18.5. The maximum absolute atomic E-state index is 11.7. The molecule has 1 saturated carbocycles. The smallest absolute Gasteiger partial charge is 0.306 e. The number of hydrogen-bond acceptors (Lipinski definition) is 4. The Morgan fingerprint density at radius 2 is 2.08 bits per heavy atom. The molecule has 1 aromatic rings. The number of oxazole rings is 1. The lowest BCUT2D eigenvalue weighted by Gasteiger charge is -2.31. The van der Waals surface area contributed by atoms with Crippen molar-refractivity contribution in [1.82, 2.24) is 10.3 Å². The molecule has 4 atom stereocenters. The molecule has 0 saturated heterocycles. The molecule has 2 rings (SSSR count). The second kappa shape index (κ2) is 8.31. The predicted octanol–water partition coefficient (Wildman–Crippen LogP) is 3.20. The summed E-state index contributed by atoms with van der Waals surface area (Å²) >= 11 is 0. The molecule has 0 spiro atoms. The summed E-state index contributed by atoms with van der Waals surface area (Å²) in [5, 5.41) is 12.5. The molecule has 1 heterocycles. The minimum atomic E-state index is -0.772. The highest BCUT2D eigenvalue weighted by Crippen LogP contribution is 2.46. The molecule has 1 aliphatic rings. The van der Waals surface area contributed by atoms with E-state index < -0.39 is 11.9 Å². The molecule has 134 valence electrons. The number of nitrogens with zero attached hydrogens (tertiary/aromatic N) is 1. The second-order valence-corrected chi connectivity index (χ2v) is 6.91. The zero-order chi connectivity index (χ0) is 17.7. The SMILES string of the molecule is CCC(CC)C[C@H](NC(C)=O)[C@@H]1C[C@@H](C(=O)O)C[C@H]1c1cnco1. The van der Waals surface area contributed by atoms with Gasteiger partial charge in [-0.05, 0) is 31.1 Å². The molecule has 0 unspecified atom stereocenters. The van der Waals surface area contributed by atoms with Crippen molar-refractivity contribution in [2.24, 2.45) is 17.8 Å². The lowest BCUT2D eigenvalue weighted by atomic mass is 9.81. The van der Waals surface area contributed by atoms with E-state index >= 15 is 0 Å². The maximum Gasteiger partial charge on any atom is 0.306 e. The third-order valence-corrected chi connectivity index (χ3v) is 5.43. The van der Waals surface area contributed by atoms with Gasteiger partial charge in [0.25, 0.3) is 0 Å². The Morgan fingerprint density at radius 1 is 1.38 bits per heavy atom. The fourth-order valence-electron chi connectivity index (χ4n) is 4.04. The van der Waals surface area contributed by atoms with Crippen molar-refractivity contribution in [3.8, 4) is 0 Å². The van der Waals surface area contributed by atoms with E-state index in [9.17, 15) is 14.7 Å². The molecule has 6 nitrogen and oxygen atoms in total. The number of carboxylic acid groups (broad SMARTS) is 1. The van der Waals surface area contributed by atoms with Gasteiger partial charge in [0.2, 0.25) is 5.91 Å². The lowest BCUT2D eigenvalue weighted by Crippen LogP contribution is -2.41. The van der Waals surface area contributed by atoms with E-state index in [1.807, 2.05) is 0 Å². The normalized spacial score (nSPS) is 24.9. The van der Waals surface area contributed by atoms with E-state index in [-0.39, 0.29) is 23.8 Å². The van der Waals surface area contributed by atoms with Gasteiger partial charge in [0, 0.05) is 18.9 Å². The van der Waals surface area contributed by atoms with Gasteiger partial charge >= 0.3 is 5.97 Å². The molecule has 1 aromatic heterocycles. The fourth-order valence-corrected chi connectivity index (χ4v) is 4.04. The first-order valence-electron chi connectivity index (χ1n) is 8.84. The first-order valence-corrected chi connectivity index (χ1v) is 8.84. The fraction of sp³-hybridized carbons (Fsp3) is 0.722. The van der Waals surface area contributed by atoms with E-state index in [0.717, 1.165) is 25.0 Å². The number of amides is 1. The highest BCUT2D eigenvalue weighted by molar-refractivity contribution is 5.73. The van der Waals surface area contributed by atoms with Crippen LogP contribution in [0.2, 0.25) is 0 Å². The number of aliphatic carboxylic acids is 1. The van der Waals surface area contributed by atoms with Gasteiger partial charge in [-0.1, -0.05) is 26.7 Å². The summed E-state index contributed by atoms with van der Waals surface area (Å²) in [5.41, 5.74) is 0. The van der Waals surface area contributed by atoms with Crippen LogP contribution in [0.15, 0.2) is 17.0 Å². The van der Waals surface area contributed by atoms with Gasteiger partial charge in [-0.25, -0.2) is 4.98 Å². The first-order chi connectivity index (χ1) is 11.5. The number of carbonyl (C=O) groups excluding carboxylic acids is 1. The third-order valence-electron chi connectivity index (χ3n) is 5.43. The van der Waals surface area contributed by atoms with Crippen molar-refractivity contribution < 1.29 is 19.1 Å². The second-order valence-electron chi connectivity index (χ2n) is 6.91. The van der Waals surface area contributed by atoms with Crippen LogP contribution in [0.4, 0.5) is 0 Å². The Hall–Kier alpha value is -1.85. The number of nitrogens with one attached hydrogen (secondary N) is 1. The van der Waals surface area contributed by atoms with Crippen LogP contribution in [0.1, 0.15) is 64.6 Å². The van der Waals surface area contributed by atoms with Crippen molar-refractivity contribution in [3.05, 3.63) is 18.4 Å². The van der Waals surface area contributed by atoms with Crippen LogP contribution in [0, 0.1) is 17.8 Å². The van der Waals surface area contributed by atoms with Gasteiger partial charge in [-0.2, -0.15) is 0 Å². The molecular formula is C18H28N2O4. The summed E-state index contributed by atoms with van der Waals surface area (Å²) in [5.74, 6) is 0.0448. The van der Waals surface area contributed by atoms with Gasteiger partial charge in [0.05, 0.1) is 12.1 Å². The molecule has 0 bridgehead atoms. The quantitative estimate of drug-likeness (QED) is 0.760.